The molecule has 1 amide bonds. The van der Waals surface area contributed by atoms with Crippen molar-refractivity contribution in [1.82, 2.24) is 4.90 Å². The molecule has 2 atom stereocenters. The number of nitrogens with two attached hydrogens (primary N) is 1. The third-order valence-electron chi connectivity index (χ3n) is 4.33. The highest BCUT2D eigenvalue weighted by atomic mass is 35.5. The first kappa shape index (κ1) is 21.0. The summed E-state index contributed by atoms with van der Waals surface area (Å²) in [5.74, 6) is 0.855. The SMILES string of the molecule is CCN(C(=O)CC(N)c1ccccc1)C(C)c1cccc(OC)c1.Cl. The molecule has 4 nitrogen and oxygen atoms in total. The van der Waals surface area contributed by atoms with E-state index in [1.807, 2.05) is 73.3 Å². The molecule has 5 heteroatoms. The first-order chi connectivity index (χ1) is 11.6. The Kier molecular flexibility index (Phi) is 8.46. The molecule has 2 aromatic rings. The van der Waals surface area contributed by atoms with Crippen LogP contribution in [-0.2, 0) is 4.79 Å². The van der Waals surface area contributed by atoms with Gasteiger partial charge in [0.25, 0.3) is 0 Å². The third-order valence-corrected chi connectivity index (χ3v) is 4.33. The van der Waals surface area contributed by atoms with Crippen LogP contribution in [0.15, 0.2) is 54.6 Å². The zero-order valence-corrected chi connectivity index (χ0v) is 15.8. The summed E-state index contributed by atoms with van der Waals surface area (Å²) in [6.07, 6.45) is 0.298. The topological polar surface area (TPSA) is 55.6 Å². The Morgan fingerprint density at radius 1 is 1.12 bits per heavy atom. The molecule has 0 fully saturated rings. The summed E-state index contributed by atoms with van der Waals surface area (Å²) in [6, 6.07) is 17.3. The third kappa shape index (κ3) is 5.48. The molecule has 0 spiro atoms. The van der Waals surface area contributed by atoms with Crippen molar-refractivity contribution in [3.63, 3.8) is 0 Å². The highest BCUT2D eigenvalue weighted by Crippen LogP contribution is 2.25. The molecule has 2 unspecified atom stereocenters. The van der Waals surface area contributed by atoms with Gasteiger partial charge in [0.15, 0.2) is 0 Å². The summed E-state index contributed by atoms with van der Waals surface area (Å²) >= 11 is 0. The van der Waals surface area contributed by atoms with Gasteiger partial charge in [0.2, 0.25) is 5.91 Å². The Hall–Kier alpha value is -2.04. The van der Waals surface area contributed by atoms with Crippen molar-refractivity contribution in [3.8, 4) is 5.75 Å². The van der Waals surface area contributed by atoms with E-state index in [0.717, 1.165) is 16.9 Å². The van der Waals surface area contributed by atoms with E-state index < -0.39 is 0 Å². The van der Waals surface area contributed by atoms with E-state index in [1.165, 1.54) is 0 Å². The predicted molar refractivity (Wildman–Crippen MR) is 104 cm³/mol. The number of benzene rings is 2. The minimum absolute atomic E-state index is 0. The van der Waals surface area contributed by atoms with Crippen LogP contribution in [0.25, 0.3) is 0 Å². The molecule has 0 radical (unpaired) electrons. The molecule has 0 aliphatic carbocycles. The molecule has 2 N–H and O–H groups in total. The molecule has 2 rings (SSSR count). The van der Waals surface area contributed by atoms with Crippen LogP contribution in [-0.4, -0.2) is 24.5 Å². The fraction of sp³-hybridized carbons (Fsp3) is 0.350. The molecule has 0 aliphatic rings. The Morgan fingerprint density at radius 2 is 1.76 bits per heavy atom. The van der Waals surface area contributed by atoms with Crippen molar-refractivity contribution in [2.75, 3.05) is 13.7 Å². The van der Waals surface area contributed by atoms with Crippen LogP contribution in [0.2, 0.25) is 0 Å². The molecule has 2 aromatic carbocycles. The summed E-state index contributed by atoms with van der Waals surface area (Å²) in [4.78, 5) is 14.6. The Balaban J connectivity index is 0.00000312. The highest BCUT2D eigenvalue weighted by Gasteiger charge is 2.22. The van der Waals surface area contributed by atoms with E-state index in [4.69, 9.17) is 10.5 Å². The fourth-order valence-corrected chi connectivity index (χ4v) is 2.87. The van der Waals surface area contributed by atoms with Gasteiger partial charge >= 0.3 is 0 Å². The van der Waals surface area contributed by atoms with Crippen LogP contribution in [0, 0.1) is 0 Å². The molecule has 0 bridgehead atoms. The number of nitrogens with zero attached hydrogens (tertiary/aromatic N) is 1. The molecule has 25 heavy (non-hydrogen) atoms. The maximum atomic E-state index is 12.7. The van der Waals surface area contributed by atoms with E-state index in [2.05, 4.69) is 0 Å². The van der Waals surface area contributed by atoms with Gasteiger partial charge in [0.05, 0.1) is 13.2 Å². The lowest BCUT2D eigenvalue weighted by Gasteiger charge is -2.29. The van der Waals surface area contributed by atoms with E-state index in [-0.39, 0.29) is 30.4 Å². The Labute approximate surface area is 156 Å². The molecule has 136 valence electrons. The Bertz CT molecular complexity index is 664. The van der Waals surface area contributed by atoms with Gasteiger partial charge < -0.3 is 15.4 Å². The second kappa shape index (κ2) is 10.1. The minimum atomic E-state index is -0.287. The monoisotopic (exact) mass is 362 g/mol. The minimum Gasteiger partial charge on any atom is -0.497 e. The summed E-state index contributed by atoms with van der Waals surface area (Å²) in [6.45, 7) is 4.66. The average Bonchev–Trinajstić information content (AvgIpc) is 2.63. The van der Waals surface area contributed by atoms with E-state index in [1.54, 1.807) is 7.11 Å². The van der Waals surface area contributed by atoms with Gasteiger partial charge in [-0.25, -0.2) is 0 Å². The van der Waals surface area contributed by atoms with Crippen molar-refractivity contribution >= 4 is 18.3 Å². The molecule has 0 heterocycles. The lowest BCUT2D eigenvalue weighted by Crippen LogP contribution is -2.35. The quantitative estimate of drug-likeness (QED) is 0.806. The summed E-state index contributed by atoms with van der Waals surface area (Å²) in [5, 5.41) is 0. The van der Waals surface area contributed by atoms with Crippen LogP contribution in [0.3, 0.4) is 0 Å². The maximum Gasteiger partial charge on any atom is 0.224 e. The number of rotatable bonds is 7. The van der Waals surface area contributed by atoms with Crippen molar-refractivity contribution in [1.29, 1.82) is 0 Å². The highest BCUT2D eigenvalue weighted by molar-refractivity contribution is 5.85. The van der Waals surface area contributed by atoms with Crippen molar-refractivity contribution in [3.05, 3.63) is 65.7 Å². The molecular weight excluding hydrogens is 336 g/mol. The van der Waals surface area contributed by atoms with Crippen molar-refractivity contribution in [2.24, 2.45) is 5.73 Å². The zero-order chi connectivity index (χ0) is 17.5. The lowest BCUT2D eigenvalue weighted by atomic mass is 10.0. The standard InChI is InChI=1S/C20H26N2O2.ClH/c1-4-22(15(2)17-11-8-12-18(13-17)24-3)20(23)14-19(21)16-9-6-5-7-10-16;/h5-13,15,19H,4,14,21H2,1-3H3;1H. The maximum absolute atomic E-state index is 12.7. The molecular formula is C20H27ClN2O2. The number of ether oxygens (including phenoxy) is 1. The number of amides is 1. The van der Waals surface area contributed by atoms with E-state index >= 15 is 0 Å². The van der Waals surface area contributed by atoms with Gasteiger partial charge in [0.1, 0.15) is 5.75 Å². The van der Waals surface area contributed by atoms with Gasteiger partial charge in [-0.2, -0.15) is 0 Å². The van der Waals surface area contributed by atoms with Crippen LogP contribution in [0.1, 0.15) is 43.5 Å². The number of hydrogen-bond donors (Lipinski definition) is 1. The molecule has 0 saturated carbocycles. The molecule has 0 aliphatic heterocycles. The van der Waals surface area contributed by atoms with Gasteiger partial charge in [-0.3, -0.25) is 4.79 Å². The van der Waals surface area contributed by atoms with Crippen LogP contribution in [0.5, 0.6) is 5.75 Å². The summed E-state index contributed by atoms with van der Waals surface area (Å²) in [5.41, 5.74) is 8.24. The number of methoxy groups -OCH3 is 1. The first-order valence-electron chi connectivity index (χ1n) is 8.30. The van der Waals surface area contributed by atoms with E-state index in [0.29, 0.717) is 13.0 Å². The van der Waals surface area contributed by atoms with Gasteiger partial charge in [-0.1, -0.05) is 42.5 Å². The van der Waals surface area contributed by atoms with Crippen LogP contribution >= 0.6 is 12.4 Å². The van der Waals surface area contributed by atoms with E-state index in [9.17, 15) is 4.79 Å². The first-order valence-corrected chi connectivity index (χ1v) is 8.30. The second-order valence-electron chi connectivity index (χ2n) is 5.85. The molecule has 0 saturated heterocycles. The zero-order valence-electron chi connectivity index (χ0n) is 15.0. The largest absolute Gasteiger partial charge is 0.497 e. The normalized spacial score (nSPS) is 12.6. The van der Waals surface area contributed by atoms with Crippen molar-refractivity contribution in [2.45, 2.75) is 32.4 Å². The lowest BCUT2D eigenvalue weighted by molar-refractivity contribution is -0.133. The average molecular weight is 363 g/mol. The number of hydrogen-bond acceptors (Lipinski definition) is 3. The number of halogens is 1. The number of carbonyl (C=O) groups is 1. The van der Waals surface area contributed by atoms with Gasteiger partial charge in [-0.05, 0) is 37.1 Å². The summed E-state index contributed by atoms with van der Waals surface area (Å²) in [7, 11) is 1.64. The van der Waals surface area contributed by atoms with Crippen molar-refractivity contribution < 1.29 is 9.53 Å². The van der Waals surface area contributed by atoms with Gasteiger partial charge in [-0.15, -0.1) is 12.4 Å². The Morgan fingerprint density at radius 3 is 2.36 bits per heavy atom. The smallest absolute Gasteiger partial charge is 0.224 e. The second-order valence-corrected chi connectivity index (χ2v) is 5.85. The number of carbonyl (C=O) groups excluding carboxylic acids is 1. The van der Waals surface area contributed by atoms with Gasteiger partial charge in [0, 0.05) is 19.0 Å². The van der Waals surface area contributed by atoms with Crippen LogP contribution in [0.4, 0.5) is 0 Å². The van der Waals surface area contributed by atoms with Crippen LogP contribution < -0.4 is 10.5 Å². The predicted octanol–water partition coefficient (Wildman–Crippen LogP) is 4.12. The summed E-state index contributed by atoms with van der Waals surface area (Å²) < 4.78 is 5.28. The fourth-order valence-electron chi connectivity index (χ4n) is 2.87. The molecule has 0 aromatic heterocycles.